The van der Waals surface area contributed by atoms with E-state index in [0.29, 0.717) is 17.1 Å². The molecular weight excluding hydrogens is 366 g/mol. The van der Waals surface area contributed by atoms with Crippen molar-refractivity contribution in [3.8, 4) is 5.75 Å². The average molecular weight is 380 g/mol. The first kappa shape index (κ1) is 16.8. The topological polar surface area (TPSA) is 93.5 Å². The summed E-state index contributed by atoms with van der Waals surface area (Å²) >= 11 is 3.34. The molecule has 2 aromatic rings. The van der Waals surface area contributed by atoms with Gasteiger partial charge in [-0.1, -0.05) is 12.1 Å². The molecule has 0 aliphatic carbocycles. The molecule has 8 heteroatoms. The quantitative estimate of drug-likeness (QED) is 0.592. The van der Waals surface area contributed by atoms with Crippen LogP contribution in [0, 0.1) is 10.1 Å². The smallest absolute Gasteiger partial charge is 0.271 e. The number of nitrogens with one attached hydrogen (secondary N) is 2. The number of nitro groups is 1. The number of ether oxygens (including phenoxy) is 1. The molecule has 23 heavy (non-hydrogen) atoms. The van der Waals surface area contributed by atoms with Crippen molar-refractivity contribution in [2.24, 2.45) is 0 Å². The van der Waals surface area contributed by atoms with E-state index in [2.05, 4.69) is 26.6 Å². The first-order chi connectivity index (χ1) is 11.0. The summed E-state index contributed by atoms with van der Waals surface area (Å²) in [5.41, 5.74) is 0.939. The second kappa shape index (κ2) is 7.59. The lowest BCUT2D eigenvalue weighted by Gasteiger charge is -2.11. The standard InChI is InChI=1S/C15H14BrN3O4/c1-23-14-7-6-10(19(21)22)8-13(14)17-9-15(20)18-12-5-3-2-4-11(12)16/h2-8,17H,9H2,1H3,(H,18,20). The minimum atomic E-state index is -0.508. The molecule has 0 saturated heterocycles. The highest BCUT2D eigenvalue weighted by Gasteiger charge is 2.12. The summed E-state index contributed by atoms with van der Waals surface area (Å²) in [6, 6.07) is 11.4. The van der Waals surface area contributed by atoms with Gasteiger partial charge in [0.15, 0.2) is 0 Å². The van der Waals surface area contributed by atoms with Gasteiger partial charge in [-0.15, -0.1) is 0 Å². The molecule has 0 spiro atoms. The largest absolute Gasteiger partial charge is 0.495 e. The fourth-order valence-corrected chi connectivity index (χ4v) is 2.26. The number of carbonyl (C=O) groups is 1. The van der Waals surface area contributed by atoms with Crippen LogP contribution in [0.25, 0.3) is 0 Å². The van der Waals surface area contributed by atoms with Crippen molar-refractivity contribution < 1.29 is 14.5 Å². The molecule has 120 valence electrons. The number of hydrogen-bond donors (Lipinski definition) is 2. The number of benzene rings is 2. The Morgan fingerprint density at radius 3 is 2.65 bits per heavy atom. The summed E-state index contributed by atoms with van der Waals surface area (Å²) in [6.45, 7) is -0.0567. The fraction of sp³-hybridized carbons (Fsp3) is 0.133. The Morgan fingerprint density at radius 2 is 2.00 bits per heavy atom. The van der Waals surface area contributed by atoms with E-state index in [1.807, 2.05) is 12.1 Å². The molecule has 2 N–H and O–H groups in total. The van der Waals surface area contributed by atoms with Crippen molar-refractivity contribution in [2.75, 3.05) is 24.3 Å². The van der Waals surface area contributed by atoms with Crippen molar-refractivity contribution in [3.63, 3.8) is 0 Å². The normalized spacial score (nSPS) is 10.0. The van der Waals surface area contributed by atoms with Gasteiger partial charge in [-0.2, -0.15) is 0 Å². The number of anilines is 2. The number of rotatable bonds is 6. The van der Waals surface area contributed by atoms with E-state index < -0.39 is 4.92 Å². The van der Waals surface area contributed by atoms with Gasteiger partial charge in [0.2, 0.25) is 5.91 Å². The Hall–Kier alpha value is -2.61. The number of halogens is 1. The summed E-state index contributed by atoms with van der Waals surface area (Å²) in [4.78, 5) is 22.3. The van der Waals surface area contributed by atoms with Crippen molar-refractivity contribution in [2.45, 2.75) is 0 Å². The molecule has 7 nitrogen and oxygen atoms in total. The van der Waals surface area contributed by atoms with Crippen LogP contribution in [-0.2, 0) is 4.79 Å². The molecule has 2 rings (SSSR count). The molecule has 0 fully saturated rings. The summed E-state index contributed by atoms with van der Waals surface area (Å²) in [5, 5.41) is 16.4. The van der Waals surface area contributed by atoms with Gasteiger partial charge in [0.1, 0.15) is 5.75 Å². The van der Waals surface area contributed by atoms with Crippen LogP contribution in [0.3, 0.4) is 0 Å². The highest BCUT2D eigenvalue weighted by molar-refractivity contribution is 9.10. The van der Waals surface area contributed by atoms with E-state index in [1.165, 1.54) is 25.3 Å². The molecule has 0 bridgehead atoms. The second-order valence-corrected chi connectivity index (χ2v) is 5.38. The first-order valence-electron chi connectivity index (χ1n) is 6.62. The van der Waals surface area contributed by atoms with Gasteiger partial charge in [0.25, 0.3) is 5.69 Å². The summed E-state index contributed by atoms with van der Waals surface area (Å²) in [6.07, 6.45) is 0. The van der Waals surface area contributed by atoms with Crippen LogP contribution >= 0.6 is 15.9 Å². The lowest BCUT2D eigenvalue weighted by molar-refractivity contribution is -0.384. The van der Waals surface area contributed by atoms with Gasteiger partial charge < -0.3 is 15.4 Å². The highest BCUT2D eigenvalue weighted by Crippen LogP contribution is 2.28. The maximum absolute atomic E-state index is 12.0. The van der Waals surface area contributed by atoms with Gasteiger partial charge in [0, 0.05) is 16.6 Å². The Bertz CT molecular complexity index is 736. The maximum atomic E-state index is 12.0. The van der Waals surface area contributed by atoms with E-state index in [4.69, 9.17) is 4.74 Å². The van der Waals surface area contributed by atoms with Gasteiger partial charge in [-0.3, -0.25) is 14.9 Å². The first-order valence-corrected chi connectivity index (χ1v) is 7.41. The van der Waals surface area contributed by atoms with Crippen molar-refractivity contribution in [3.05, 3.63) is 57.1 Å². The molecule has 2 aromatic carbocycles. The minimum absolute atomic E-state index is 0.0567. The van der Waals surface area contributed by atoms with Gasteiger partial charge >= 0.3 is 0 Å². The number of amides is 1. The van der Waals surface area contributed by atoms with E-state index >= 15 is 0 Å². The van der Waals surface area contributed by atoms with Crippen LogP contribution in [0.5, 0.6) is 5.75 Å². The number of carbonyl (C=O) groups excluding carboxylic acids is 1. The van der Waals surface area contributed by atoms with E-state index in [1.54, 1.807) is 12.1 Å². The Labute approximate surface area is 140 Å². The zero-order valence-corrected chi connectivity index (χ0v) is 13.8. The number of para-hydroxylation sites is 1. The molecule has 0 unspecified atom stereocenters. The monoisotopic (exact) mass is 379 g/mol. The number of hydrogen-bond acceptors (Lipinski definition) is 5. The Kier molecular flexibility index (Phi) is 5.53. The molecule has 0 atom stereocenters. The van der Waals surface area contributed by atoms with Crippen molar-refractivity contribution >= 4 is 38.9 Å². The van der Waals surface area contributed by atoms with Crippen LogP contribution in [0.1, 0.15) is 0 Å². The zero-order valence-electron chi connectivity index (χ0n) is 12.2. The number of non-ortho nitro benzene ring substituents is 1. The minimum Gasteiger partial charge on any atom is -0.495 e. The van der Waals surface area contributed by atoms with Crippen LogP contribution in [0.2, 0.25) is 0 Å². The Morgan fingerprint density at radius 1 is 1.26 bits per heavy atom. The lowest BCUT2D eigenvalue weighted by atomic mass is 10.2. The SMILES string of the molecule is COc1ccc([N+](=O)[O-])cc1NCC(=O)Nc1ccccc1Br. The number of methoxy groups -OCH3 is 1. The van der Waals surface area contributed by atoms with Gasteiger partial charge in [-0.25, -0.2) is 0 Å². The highest BCUT2D eigenvalue weighted by atomic mass is 79.9. The van der Waals surface area contributed by atoms with Gasteiger partial charge in [0.05, 0.1) is 30.0 Å². The van der Waals surface area contributed by atoms with E-state index in [-0.39, 0.29) is 18.1 Å². The fourth-order valence-electron chi connectivity index (χ4n) is 1.88. The van der Waals surface area contributed by atoms with Crippen molar-refractivity contribution in [1.29, 1.82) is 0 Å². The third-order valence-corrected chi connectivity index (χ3v) is 3.67. The van der Waals surface area contributed by atoms with Gasteiger partial charge in [-0.05, 0) is 34.1 Å². The summed E-state index contributed by atoms with van der Waals surface area (Å²) < 4.78 is 5.89. The molecule has 0 saturated carbocycles. The average Bonchev–Trinajstić information content (AvgIpc) is 2.54. The molecule has 0 heterocycles. The van der Waals surface area contributed by atoms with E-state index in [0.717, 1.165) is 4.47 Å². The van der Waals surface area contributed by atoms with Crippen LogP contribution in [0.4, 0.5) is 17.1 Å². The molecule has 0 aromatic heterocycles. The molecule has 1 amide bonds. The van der Waals surface area contributed by atoms with Crippen molar-refractivity contribution in [1.82, 2.24) is 0 Å². The summed E-state index contributed by atoms with van der Waals surface area (Å²) in [7, 11) is 1.45. The molecular formula is C15H14BrN3O4. The van der Waals surface area contributed by atoms with Crippen LogP contribution < -0.4 is 15.4 Å². The van der Waals surface area contributed by atoms with Crippen LogP contribution in [0.15, 0.2) is 46.9 Å². The predicted molar refractivity (Wildman–Crippen MR) is 90.9 cm³/mol. The predicted octanol–water partition coefficient (Wildman–Crippen LogP) is 3.42. The zero-order chi connectivity index (χ0) is 16.8. The number of nitro benzene ring substituents is 1. The maximum Gasteiger partial charge on any atom is 0.271 e. The van der Waals surface area contributed by atoms with Crippen LogP contribution in [-0.4, -0.2) is 24.5 Å². The lowest BCUT2D eigenvalue weighted by Crippen LogP contribution is -2.22. The third kappa shape index (κ3) is 4.43. The molecule has 0 aliphatic rings. The Balaban J connectivity index is 2.05. The molecule has 0 aliphatic heterocycles. The third-order valence-electron chi connectivity index (χ3n) is 2.98. The summed E-state index contributed by atoms with van der Waals surface area (Å²) in [5.74, 6) is 0.134. The second-order valence-electron chi connectivity index (χ2n) is 4.52. The number of nitrogens with zero attached hydrogens (tertiary/aromatic N) is 1. The molecule has 0 radical (unpaired) electrons. The van der Waals surface area contributed by atoms with E-state index in [9.17, 15) is 14.9 Å².